The van der Waals surface area contributed by atoms with Gasteiger partial charge >= 0.3 is 25.7 Å². The summed E-state index contributed by atoms with van der Waals surface area (Å²) >= 11 is 0. The van der Waals surface area contributed by atoms with Crippen LogP contribution in [0.1, 0.15) is 226 Å². The van der Waals surface area contributed by atoms with E-state index in [0.717, 1.165) is 135 Å². The van der Waals surface area contributed by atoms with Crippen molar-refractivity contribution in [2.45, 2.75) is 238 Å². The van der Waals surface area contributed by atoms with Gasteiger partial charge in [-0.05, 0) is 89.9 Å². The third kappa shape index (κ3) is 49.6. The summed E-state index contributed by atoms with van der Waals surface area (Å²) in [4.78, 5) is 48.4. The Labute approximate surface area is 426 Å². The van der Waals surface area contributed by atoms with Gasteiger partial charge in [-0.25, -0.2) is 4.57 Å². The highest BCUT2D eigenvalue weighted by Gasteiger charge is 2.28. The number of esters is 3. The highest BCUT2D eigenvalue weighted by molar-refractivity contribution is 7.47. The normalized spacial score (nSPS) is 14.1. The number of phosphoric acid groups is 1. The third-order valence-electron chi connectivity index (χ3n) is 11.3. The minimum Gasteiger partial charge on any atom is -0.462 e. The third-order valence-corrected chi connectivity index (χ3v) is 12.3. The Kier molecular flexibility index (Phi) is 49.5. The highest BCUT2D eigenvalue weighted by Crippen LogP contribution is 2.43. The fourth-order valence-electron chi connectivity index (χ4n) is 7.18. The van der Waals surface area contributed by atoms with Crippen LogP contribution < -0.4 is 0 Å². The molecule has 0 bridgehead atoms. The molecule has 2 N–H and O–H groups in total. The molecule has 11 nitrogen and oxygen atoms in total. The molecule has 70 heavy (non-hydrogen) atoms. The number of rotatable bonds is 50. The number of ether oxygens (including phenoxy) is 3. The van der Waals surface area contributed by atoms with Crippen LogP contribution in [0.15, 0.2) is 85.1 Å². The van der Waals surface area contributed by atoms with Crippen molar-refractivity contribution in [2.24, 2.45) is 0 Å². The Bertz CT molecular complexity index is 1500. The first kappa shape index (κ1) is 66.7. The monoisotopic (exact) mass is 1000 g/mol. The summed E-state index contributed by atoms with van der Waals surface area (Å²) < 4.78 is 39.4. The molecule has 0 rings (SSSR count). The second kappa shape index (κ2) is 52.0. The molecule has 0 aromatic carbocycles. The minimum absolute atomic E-state index is 0.145. The molecule has 0 aromatic rings. The average molecular weight is 1000 g/mol. The van der Waals surface area contributed by atoms with Crippen LogP contribution >= 0.6 is 7.82 Å². The van der Waals surface area contributed by atoms with Crippen molar-refractivity contribution in [2.75, 3.05) is 26.4 Å². The first-order valence-corrected chi connectivity index (χ1v) is 29.0. The van der Waals surface area contributed by atoms with Gasteiger partial charge < -0.3 is 24.2 Å². The van der Waals surface area contributed by atoms with Gasteiger partial charge in [0.1, 0.15) is 12.7 Å². The van der Waals surface area contributed by atoms with Crippen molar-refractivity contribution in [3.05, 3.63) is 85.1 Å². The summed E-state index contributed by atoms with van der Waals surface area (Å²) in [5, 5.41) is 9.76. The molecule has 0 aliphatic rings. The van der Waals surface area contributed by atoms with Gasteiger partial charge in [-0.1, -0.05) is 202 Å². The van der Waals surface area contributed by atoms with E-state index in [1.165, 1.54) is 32.1 Å². The van der Waals surface area contributed by atoms with Crippen molar-refractivity contribution >= 4 is 25.7 Å². The Morgan fingerprint density at radius 2 is 0.743 bits per heavy atom. The lowest BCUT2D eigenvalue weighted by Gasteiger charge is -2.21. The van der Waals surface area contributed by atoms with Crippen molar-refractivity contribution in [1.82, 2.24) is 0 Å². The SMILES string of the molecule is CC/C=C\C/C=C\C/C=C\C/C=C\CCCCCCCCC(=O)OC(COC(=O)CCCCCCC/C=C\C/C=C\C/C=C\CC)COP(=O)(O)OCC(CO)OC(=O)CCCCCCCCCCC. The van der Waals surface area contributed by atoms with E-state index in [2.05, 4.69) is 106 Å². The van der Waals surface area contributed by atoms with E-state index >= 15 is 0 Å². The maximum atomic E-state index is 12.9. The van der Waals surface area contributed by atoms with E-state index in [-0.39, 0.29) is 25.9 Å². The maximum Gasteiger partial charge on any atom is 0.472 e. The first-order chi connectivity index (χ1) is 34.2. The summed E-state index contributed by atoms with van der Waals surface area (Å²) in [6.07, 6.45) is 58.4. The molecule has 3 atom stereocenters. The number of carbonyl (C=O) groups excluding carboxylic acids is 3. The van der Waals surface area contributed by atoms with Crippen LogP contribution in [-0.4, -0.2) is 66.5 Å². The molecule has 0 radical (unpaired) electrons. The number of hydrogen-bond acceptors (Lipinski definition) is 10. The molecule has 0 saturated heterocycles. The molecule has 402 valence electrons. The molecule has 0 saturated carbocycles. The number of carbonyl (C=O) groups is 3. The van der Waals surface area contributed by atoms with E-state index < -0.39 is 57.8 Å². The largest absolute Gasteiger partial charge is 0.472 e. The molecule has 0 spiro atoms. The summed E-state index contributed by atoms with van der Waals surface area (Å²) in [6.45, 7) is 4.35. The van der Waals surface area contributed by atoms with Gasteiger partial charge in [-0.15, -0.1) is 0 Å². The zero-order valence-electron chi connectivity index (χ0n) is 44.2. The quantitative estimate of drug-likeness (QED) is 0.0197. The average Bonchev–Trinajstić information content (AvgIpc) is 3.35. The second-order valence-corrected chi connectivity index (χ2v) is 19.4. The Morgan fingerprint density at radius 1 is 0.414 bits per heavy atom. The zero-order valence-corrected chi connectivity index (χ0v) is 45.1. The van der Waals surface area contributed by atoms with Crippen LogP contribution in [0.5, 0.6) is 0 Å². The van der Waals surface area contributed by atoms with Gasteiger partial charge in [0.25, 0.3) is 0 Å². The lowest BCUT2D eigenvalue weighted by atomic mass is 10.1. The standard InChI is InChI=1S/C58H99O11P/c1-4-7-10-13-16-19-21-23-25-26-27-28-30-32-34-37-40-43-46-49-58(62)69-55(51-65-56(60)47-44-41-38-36-33-31-29-24-22-20-17-14-11-8-5-2)53-67-70(63,64)66-52-54(50-59)68-57(61)48-45-42-39-35-18-15-12-9-6-3/h7-8,10-11,16-17,19-20,23-25,27-29,54-55,59H,4-6,9,12-15,18,21-22,26,30-53H2,1-3H3,(H,63,64)/b10-7-,11-8-,19-16-,20-17-,25-23-,28-27-,29-24-. The molecule has 0 amide bonds. The number of allylic oxidation sites excluding steroid dienone is 14. The van der Waals surface area contributed by atoms with Crippen LogP contribution in [0.3, 0.4) is 0 Å². The van der Waals surface area contributed by atoms with E-state index in [0.29, 0.717) is 19.3 Å². The van der Waals surface area contributed by atoms with Gasteiger partial charge in [0.2, 0.25) is 0 Å². The summed E-state index contributed by atoms with van der Waals surface area (Å²) in [5.41, 5.74) is 0. The van der Waals surface area contributed by atoms with Gasteiger partial charge in [-0.3, -0.25) is 23.4 Å². The first-order valence-electron chi connectivity index (χ1n) is 27.5. The smallest absolute Gasteiger partial charge is 0.462 e. The van der Waals surface area contributed by atoms with Gasteiger partial charge in [-0.2, -0.15) is 0 Å². The molecule has 0 fully saturated rings. The maximum absolute atomic E-state index is 12.9. The number of aliphatic hydroxyl groups is 1. The predicted octanol–water partition coefficient (Wildman–Crippen LogP) is 15.9. The fourth-order valence-corrected chi connectivity index (χ4v) is 7.97. The van der Waals surface area contributed by atoms with Crippen molar-refractivity contribution in [3.63, 3.8) is 0 Å². The number of aliphatic hydroxyl groups excluding tert-OH is 1. The van der Waals surface area contributed by atoms with E-state index in [1.54, 1.807) is 0 Å². The van der Waals surface area contributed by atoms with E-state index in [4.69, 9.17) is 23.3 Å². The molecule has 3 unspecified atom stereocenters. The summed E-state index contributed by atoms with van der Waals surface area (Å²) in [7, 11) is -4.75. The van der Waals surface area contributed by atoms with Crippen LogP contribution in [-0.2, 0) is 42.2 Å². The molecule has 12 heteroatoms. The lowest BCUT2D eigenvalue weighted by molar-refractivity contribution is -0.161. The zero-order chi connectivity index (χ0) is 51.3. The summed E-state index contributed by atoms with van der Waals surface area (Å²) in [5.74, 6) is -1.50. The Hall–Kier alpha value is -3.34. The molecular weight excluding hydrogens is 904 g/mol. The van der Waals surface area contributed by atoms with Gasteiger partial charge in [0, 0.05) is 19.3 Å². The summed E-state index contributed by atoms with van der Waals surface area (Å²) in [6, 6.07) is 0. The van der Waals surface area contributed by atoms with Gasteiger partial charge in [0.05, 0.1) is 19.8 Å². The molecule has 0 aliphatic heterocycles. The Morgan fingerprint density at radius 3 is 1.14 bits per heavy atom. The Balaban J connectivity index is 4.78. The number of hydrogen-bond donors (Lipinski definition) is 2. The molecule has 0 aliphatic carbocycles. The fraction of sp³-hybridized carbons (Fsp3) is 0.707. The van der Waals surface area contributed by atoms with Crippen LogP contribution in [0.2, 0.25) is 0 Å². The number of phosphoric ester groups is 1. The topological polar surface area (TPSA) is 155 Å². The van der Waals surface area contributed by atoms with Crippen LogP contribution in [0.4, 0.5) is 0 Å². The van der Waals surface area contributed by atoms with Crippen LogP contribution in [0, 0.1) is 0 Å². The predicted molar refractivity (Wildman–Crippen MR) is 288 cm³/mol. The second-order valence-electron chi connectivity index (χ2n) is 18.0. The van der Waals surface area contributed by atoms with E-state index in [9.17, 15) is 28.9 Å². The van der Waals surface area contributed by atoms with E-state index in [1.807, 2.05) is 0 Å². The highest BCUT2D eigenvalue weighted by atomic mass is 31.2. The van der Waals surface area contributed by atoms with Crippen molar-refractivity contribution in [3.8, 4) is 0 Å². The molecule has 0 heterocycles. The minimum atomic E-state index is -4.75. The van der Waals surface area contributed by atoms with Crippen molar-refractivity contribution < 1.29 is 52.2 Å². The lowest BCUT2D eigenvalue weighted by Crippen LogP contribution is -2.30. The van der Waals surface area contributed by atoms with Crippen molar-refractivity contribution in [1.29, 1.82) is 0 Å². The van der Waals surface area contributed by atoms with Gasteiger partial charge in [0.15, 0.2) is 6.10 Å². The molecular formula is C58H99O11P. The number of unbranched alkanes of at least 4 members (excludes halogenated alkanes) is 19. The van der Waals surface area contributed by atoms with Crippen LogP contribution in [0.25, 0.3) is 0 Å². The molecule has 0 aromatic heterocycles.